The van der Waals surface area contributed by atoms with Gasteiger partial charge in [-0.1, -0.05) is 0 Å². The Kier molecular flexibility index (Phi) is 3.85. The van der Waals surface area contributed by atoms with Gasteiger partial charge in [0.2, 0.25) is 5.91 Å². The first-order valence-electron chi connectivity index (χ1n) is 5.85. The summed E-state index contributed by atoms with van der Waals surface area (Å²) in [5, 5.41) is 2.79. The van der Waals surface area contributed by atoms with Gasteiger partial charge in [0.1, 0.15) is 12.1 Å². The van der Waals surface area contributed by atoms with Gasteiger partial charge in [-0.05, 0) is 26.0 Å². The van der Waals surface area contributed by atoms with E-state index in [-0.39, 0.29) is 11.8 Å². The SMILES string of the molecule is CC(C)(CCl)C(=O)Nc1ccc(-n2ccnc2)nc1. The van der Waals surface area contributed by atoms with Crippen LogP contribution in [-0.4, -0.2) is 26.3 Å². The maximum Gasteiger partial charge on any atom is 0.231 e. The van der Waals surface area contributed by atoms with E-state index in [0.29, 0.717) is 5.69 Å². The van der Waals surface area contributed by atoms with Gasteiger partial charge in [-0.25, -0.2) is 9.97 Å². The molecule has 0 saturated heterocycles. The van der Waals surface area contributed by atoms with E-state index in [9.17, 15) is 4.79 Å². The molecule has 0 aliphatic carbocycles. The second-order valence-corrected chi connectivity index (χ2v) is 5.11. The third kappa shape index (κ3) is 3.12. The number of alkyl halides is 1. The number of anilines is 1. The summed E-state index contributed by atoms with van der Waals surface area (Å²) in [5.74, 6) is 0.881. The summed E-state index contributed by atoms with van der Waals surface area (Å²) >= 11 is 5.76. The number of pyridine rings is 1. The van der Waals surface area contributed by atoms with Gasteiger partial charge < -0.3 is 5.32 Å². The maximum atomic E-state index is 11.9. The monoisotopic (exact) mass is 278 g/mol. The Morgan fingerprint density at radius 2 is 2.26 bits per heavy atom. The highest BCUT2D eigenvalue weighted by atomic mass is 35.5. The third-order valence-corrected chi connectivity index (χ3v) is 3.39. The first-order valence-corrected chi connectivity index (χ1v) is 6.38. The topological polar surface area (TPSA) is 59.8 Å². The molecule has 2 rings (SSSR count). The zero-order valence-electron chi connectivity index (χ0n) is 10.8. The van der Waals surface area contributed by atoms with Crippen LogP contribution in [0.3, 0.4) is 0 Å². The number of nitrogens with one attached hydrogen (secondary N) is 1. The van der Waals surface area contributed by atoms with Gasteiger partial charge in [0.25, 0.3) is 0 Å². The van der Waals surface area contributed by atoms with Gasteiger partial charge in [-0.3, -0.25) is 9.36 Å². The molecule has 1 N–H and O–H groups in total. The molecule has 0 radical (unpaired) electrons. The third-order valence-electron chi connectivity index (χ3n) is 2.72. The lowest BCUT2D eigenvalue weighted by Crippen LogP contribution is -2.32. The Balaban J connectivity index is 2.10. The summed E-state index contributed by atoms with van der Waals surface area (Å²) in [6.07, 6.45) is 6.76. The minimum atomic E-state index is -0.607. The fourth-order valence-electron chi connectivity index (χ4n) is 1.37. The summed E-state index contributed by atoms with van der Waals surface area (Å²) in [6.45, 7) is 3.59. The predicted octanol–water partition coefficient (Wildman–Crippen LogP) is 2.47. The molecular weight excluding hydrogens is 264 g/mol. The van der Waals surface area contributed by atoms with Gasteiger partial charge in [-0.2, -0.15) is 0 Å². The number of aromatic nitrogens is 3. The quantitative estimate of drug-likeness (QED) is 0.874. The minimum Gasteiger partial charge on any atom is -0.324 e. The van der Waals surface area contributed by atoms with Crippen LogP contribution in [0.4, 0.5) is 5.69 Å². The average Bonchev–Trinajstić information content (AvgIpc) is 2.93. The van der Waals surface area contributed by atoms with Gasteiger partial charge >= 0.3 is 0 Å². The summed E-state index contributed by atoms with van der Waals surface area (Å²) in [7, 11) is 0. The molecule has 0 aliphatic heterocycles. The number of carbonyl (C=O) groups excluding carboxylic acids is 1. The van der Waals surface area contributed by atoms with Crippen molar-refractivity contribution in [1.29, 1.82) is 0 Å². The fraction of sp³-hybridized carbons (Fsp3) is 0.308. The second kappa shape index (κ2) is 5.40. The Morgan fingerprint density at radius 3 is 2.79 bits per heavy atom. The molecule has 2 aromatic rings. The smallest absolute Gasteiger partial charge is 0.231 e. The van der Waals surface area contributed by atoms with Crippen molar-refractivity contribution in [2.75, 3.05) is 11.2 Å². The molecule has 0 atom stereocenters. The molecule has 1 amide bonds. The van der Waals surface area contributed by atoms with Crippen molar-refractivity contribution in [3.63, 3.8) is 0 Å². The molecule has 19 heavy (non-hydrogen) atoms. The van der Waals surface area contributed by atoms with E-state index in [1.807, 2.05) is 6.07 Å². The predicted molar refractivity (Wildman–Crippen MR) is 74.5 cm³/mol. The van der Waals surface area contributed by atoms with Crippen molar-refractivity contribution in [3.05, 3.63) is 37.1 Å². The largest absolute Gasteiger partial charge is 0.324 e. The fourth-order valence-corrected chi connectivity index (χ4v) is 1.49. The number of hydrogen-bond acceptors (Lipinski definition) is 3. The lowest BCUT2D eigenvalue weighted by molar-refractivity contribution is -0.122. The van der Waals surface area contributed by atoms with Crippen LogP contribution in [0.1, 0.15) is 13.8 Å². The first-order chi connectivity index (χ1) is 9.03. The maximum absolute atomic E-state index is 11.9. The molecule has 0 unspecified atom stereocenters. The molecule has 6 heteroatoms. The van der Waals surface area contributed by atoms with Crippen LogP contribution in [0.5, 0.6) is 0 Å². The number of hydrogen-bond donors (Lipinski definition) is 1. The molecule has 0 spiro atoms. The van der Waals surface area contributed by atoms with Crippen molar-refractivity contribution in [2.24, 2.45) is 5.41 Å². The summed E-state index contributed by atoms with van der Waals surface area (Å²) in [4.78, 5) is 20.1. The average molecular weight is 279 g/mol. The zero-order chi connectivity index (χ0) is 13.9. The van der Waals surface area contributed by atoms with E-state index in [2.05, 4.69) is 15.3 Å². The highest BCUT2D eigenvalue weighted by Crippen LogP contribution is 2.20. The standard InChI is InChI=1S/C13H15ClN4O/c1-13(2,8-14)12(19)17-10-3-4-11(16-7-10)18-6-5-15-9-18/h3-7,9H,8H2,1-2H3,(H,17,19). The number of nitrogens with zero attached hydrogens (tertiary/aromatic N) is 3. The molecule has 2 aromatic heterocycles. The number of halogens is 1. The van der Waals surface area contributed by atoms with Gasteiger partial charge in [0, 0.05) is 18.3 Å². The molecule has 2 heterocycles. The number of rotatable bonds is 4. The van der Waals surface area contributed by atoms with Gasteiger partial charge in [-0.15, -0.1) is 11.6 Å². The Hall–Kier alpha value is -1.88. The van der Waals surface area contributed by atoms with E-state index in [1.54, 1.807) is 49.4 Å². The highest BCUT2D eigenvalue weighted by molar-refractivity contribution is 6.20. The summed E-state index contributed by atoms with van der Waals surface area (Å²) < 4.78 is 1.79. The van der Waals surface area contributed by atoms with E-state index in [4.69, 9.17) is 11.6 Å². The van der Waals surface area contributed by atoms with Crippen LogP contribution in [0.25, 0.3) is 5.82 Å². The number of imidazole rings is 1. The summed E-state index contributed by atoms with van der Waals surface area (Å²) in [6, 6.07) is 3.61. The molecule has 100 valence electrons. The van der Waals surface area contributed by atoms with Gasteiger partial charge in [0.15, 0.2) is 0 Å². The molecule has 0 aliphatic rings. The van der Waals surface area contributed by atoms with E-state index >= 15 is 0 Å². The van der Waals surface area contributed by atoms with Crippen molar-refractivity contribution in [2.45, 2.75) is 13.8 Å². The lowest BCUT2D eigenvalue weighted by Gasteiger charge is -2.20. The molecule has 0 saturated carbocycles. The first kappa shape index (κ1) is 13.5. The molecule has 0 fully saturated rings. The molecular formula is C13H15ClN4O. The molecule has 0 aromatic carbocycles. The van der Waals surface area contributed by atoms with Crippen LogP contribution in [0.2, 0.25) is 0 Å². The number of carbonyl (C=O) groups is 1. The summed E-state index contributed by atoms with van der Waals surface area (Å²) in [5.41, 5.74) is 0.0389. The Bertz CT molecular complexity index is 549. The van der Waals surface area contributed by atoms with Crippen LogP contribution in [-0.2, 0) is 4.79 Å². The van der Waals surface area contributed by atoms with Crippen LogP contribution in [0, 0.1) is 5.41 Å². The zero-order valence-corrected chi connectivity index (χ0v) is 11.6. The van der Waals surface area contributed by atoms with Crippen molar-refractivity contribution in [1.82, 2.24) is 14.5 Å². The van der Waals surface area contributed by atoms with Crippen LogP contribution in [0.15, 0.2) is 37.1 Å². The molecule has 5 nitrogen and oxygen atoms in total. The van der Waals surface area contributed by atoms with Gasteiger partial charge in [0.05, 0.1) is 17.3 Å². The van der Waals surface area contributed by atoms with E-state index < -0.39 is 5.41 Å². The highest BCUT2D eigenvalue weighted by Gasteiger charge is 2.26. The number of amides is 1. The van der Waals surface area contributed by atoms with E-state index in [0.717, 1.165) is 5.82 Å². The van der Waals surface area contributed by atoms with Crippen molar-refractivity contribution in [3.8, 4) is 5.82 Å². The van der Waals surface area contributed by atoms with Crippen LogP contribution >= 0.6 is 11.6 Å². The normalized spacial score (nSPS) is 11.3. The second-order valence-electron chi connectivity index (χ2n) is 4.85. The van der Waals surface area contributed by atoms with Crippen molar-refractivity contribution >= 4 is 23.2 Å². The Labute approximate surface area is 116 Å². The van der Waals surface area contributed by atoms with E-state index in [1.165, 1.54) is 0 Å². The van der Waals surface area contributed by atoms with Crippen LogP contribution < -0.4 is 5.32 Å². The molecule has 0 bridgehead atoms. The minimum absolute atomic E-state index is 0.125. The van der Waals surface area contributed by atoms with Crippen molar-refractivity contribution < 1.29 is 4.79 Å². The Morgan fingerprint density at radius 1 is 1.47 bits per heavy atom. The lowest BCUT2D eigenvalue weighted by atomic mass is 9.95.